The van der Waals surface area contributed by atoms with Gasteiger partial charge in [0, 0.05) is 12.2 Å². The van der Waals surface area contributed by atoms with Gasteiger partial charge in [-0.2, -0.15) is 0 Å². The lowest BCUT2D eigenvalue weighted by molar-refractivity contribution is 0.696. The van der Waals surface area contributed by atoms with Gasteiger partial charge in [0.25, 0.3) is 5.56 Å². The predicted octanol–water partition coefficient (Wildman–Crippen LogP) is 0.769. The molecule has 0 radical (unpaired) electrons. The Balaban J connectivity index is 3.61. The van der Waals surface area contributed by atoms with Crippen molar-refractivity contribution in [2.24, 2.45) is 5.73 Å². The first-order valence-corrected chi connectivity index (χ1v) is 4.54. The summed E-state index contributed by atoms with van der Waals surface area (Å²) in [6.45, 7) is 6.17. The molecule has 3 N–H and O–H groups in total. The molecule has 1 rings (SSSR count). The molecule has 1 aromatic heterocycles. The zero-order chi connectivity index (χ0) is 10.9. The molecule has 0 fully saturated rings. The van der Waals surface area contributed by atoms with E-state index in [1.54, 1.807) is 11.5 Å². The average Bonchev–Trinajstić information content (AvgIpc) is 2.02. The average molecular weight is 193 g/mol. The summed E-state index contributed by atoms with van der Waals surface area (Å²) in [6, 6.07) is 1.88. The molecule has 4 heteroatoms. The quantitative estimate of drug-likeness (QED) is 0.538. The molecule has 0 spiro atoms. The Kier molecular flexibility index (Phi) is 2.74. The fraction of sp³-hybridized carbons (Fsp3) is 0.400. The maximum absolute atomic E-state index is 11.8. The lowest BCUT2D eigenvalue weighted by Crippen LogP contribution is -2.31. The summed E-state index contributed by atoms with van der Waals surface area (Å²) in [4.78, 5) is 11.8. The minimum Gasteiger partial charge on any atom is -0.384 e. The number of nitrogen functional groups attached to an aromatic ring is 1. The molecule has 4 nitrogen and oxygen atoms in total. The van der Waals surface area contributed by atoms with Gasteiger partial charge >= 0.3 is 0 Å². The first-order chi connectivity index (χ1) is 6.49. The van der Waals surface area contributed by atoms with Gasteiger partial charge in [-0.1, -0.05) is 0 Å². The lowest BCUT2D eigenvalue weighted by Gasteiger charge is -2.11. The summed E-state index contributed by atoms with van der Waals surface area (Å²) in [5, 5.41) is 7.32. The third-order valence-electron chi connectivity index (χ3n) is 2.29. The van der Waals surface area contributed by atoms with E-state index in [2.05, 4.69) is 0 Å². The van der Waals surface area contributed by atoms with Crippen LogP contribution in [0.15, 0.2) is 10.9 Å². The van der Waals surface area contributed by atoms with Crippen LogP contribution in [0.1, 0.15) is 23.7 Å². The van der Waals surface area contributed by atoms with Crippen LogP contribution in [0.2, 0.25) is 0 Å². The van der Waals surface area contributed by atoms with Crippen molar-refractivity contribution < 1.29 is 0 Å². The Hall–Kier alpha value is -1.58. The normalized spacial score (nSPS) is 10.2. The fourth-order valence-corrected chi connectivity index (χ4v) is 1.65. The second-order valence-electron chi connectivity index (χ2n) is 3.31. The summed E-state index contributed by atoms with van der Waals surface area (Å²) in [7, 11) is 0. The van der Waals surface area contributed by atoms with E-state index in [1.165, 1.54) is 0 Å². The van der Waals surface area contributed by atoms with Gasteiger partial charge in [0.2, 0.25) is 0 Å². The van der Waals surface area contributed by atoms with Crippen molar-refractivity contribution in [1.82, 2.24) is 4.57 Å². The van der Waals surface area contributed by atoms with E-state index in [1.807, 2.05) is 19.9 Å². The summed E-state index contributed by atoms with van der Waals surface area (Å²) >= 11 is 0. The van der Waals surface area contributed by atoms with E-state index < -0.39 is 0 Å². The monoisotopic (exact) mass is 193 g/mol. The smallest absolute Gasteiger partial charge is 0.261 e. The molecule has 76 valence electrons. The first kappa shape index (κ1) is 10.5. The van der Waals surface area contributed by atoms with Crippen molar-refractivity contribution in [2.75, 3.05) is 0 Å². The van der Waals surface area contributed by atoms with Crippen molar-refractivity contribution in [3.63, 3.8) is 0 Å². The highest BCUT2D eigenvalue weighted by molar-refractivity contribution is 5.95. The highest BCUT2D eigenvalue weighted by Crippen LogP contribution is 2.05. The van der Waals surface area contributed by atoms with Gasteiger partial charge in [0.1, 0.15) is 5.84 Å². The third kappa shape index (κ3) is 1.55. The molecule has 0 aliphatic carbocycles. The number of rotatable bonds is 2. The third-order valence-corrected chi connectivity index (χ3v) is 2.29. The van der Waals surface area contributed by atoms with E-state index in [9.17, 15) is 4.79 Å². The Morgan fingerprint density at radius 1 is 1.57 bits per heavy atom. The number of aromatic nitrogens is 1. The molecule has 14 heavy (non-hydrogen) atoms. The number of amidine groups is 1. The van der Waals surface area contributed by atoms with Gasteiger partial charge < -0.3 is 10.3 Å². The molecule has 0 aromatic carbocycles. The van der Waals surface area contributed by atoms with Gasteiger partial charge in [-0.3, -0.25) is 10.2 Å². The number of hydrogen-bond acceptors (Lipinski definition) is 2. The van der Waals surface area contributed by atoms with Crippen molar-refractivity contribution in [3.8, 4) is 0 Å². The Morgan fingerprint density at radius 2 is 2.14 bits per heavy atom. The molecule has 0 atom stereocenters. The van der Waals surface area contributed by atoms with E-state index in [-0.39, 0.29) is 11.4 Å². The zero-order valence-corrected chi connectivity index (χ0v) is 8.72. The standard InChI is InChI=1S/C10H15N3O/c1-4-13-7(3)5-6(2)8(9(11)12)10(13)14/h5H,4H2,1-3H3,(H3,11,12). The highest BCUT2D eigenvalue weighted by atomic mass is 16.1. The van der Waals surface area contributed by atoms with Crippen LogP contribution in [0.25, 0.3) is 0 Å². The second-order valence-corrected chi connectivity index (χ2v) is 3.31. The number of hydrogen-bond donors (Lipinski definition) is 2. The topological polar surface area (TPSA) is 71.9 Å². The Morgan fingerprint density at radius 3 is 2.57 bits per heavy atom. The number of aryl methyl sites for hydroxylation is 2. The molecule has 0 aliphatic heterocycles. The van der Waals surface area contributed by atoms with E-state index in [0.717, 1.165) is 11.3 Å². The number of nitrogens with two attached hydrogens (primary N) is 1. The number of nitrogens with zero attached hydrogens (tertiary/aromatic N) is 1. The predicted molar refractivity (Wildman–Crippen MR) is 56.9 cm³/mol. The minimum atomic E-state index is -0.169. The summed E-state index contributed by atoms with van der Waals surface area (Å²) in [6.07, 6.45) is 0. The fourth-order valence-electron chi connectivity index (χ4n) is 1.65. The molecule has 0 saturated carbocycles. The second kappa shape index (κ2) is 3.65. The van der Waals surface area contributed by atoms with Gasteiger partial charge in [-0.25, -0.2) is 0 Å². The SMILES string of the molecule is CCn1c(C)cc(C)c(C(=N)N)c1=O. The highest BCUT2D eigenvalue weighted by Gasteiger charge is 2.11. The Bertz CT molecular complexity index is 432. The molecule has 0 saturated heterocycles. The van der Waals surface area contributed by atoms with Crippen LogP contribution in [0.3, 0.4) is 0 Å². The van der Waals surface area contributed by atoms with Gasteiger partial charge in [-0.15, -0.1) is 0 Å². The molecule has 0 bridgehead atoms. The maximum atomic E-state index is 11.8. The molecule has 0 aliphatic rings. The van der Waals surface area contributed by atoms with Crippen molar-refractivity contribution >= 4 is 5.84 Å². The van der Waals surface area contributed by atoms with Gasteiger partial charge in [0.05, 0.1) is 5.56 Å². The van der Waals surface area contributed by atoms with Crippen LogP contribution < -0.4 is 11.3 Å². The van der Waals surface area contributed by atoms with Gasteiger partial charge in [-0.05, 0) is 32.4 Å². The molecule has 1 aromatic rings. The lowest BCUT2D eigenvalue weighted by atomic mass is 10.1. The van der Waals surface area contributed by atoms with Crippen LogP contribution in [-0.2, 0) is 6.54 Å². The van der Waals surface area contributed by atoms with E-state index in [0.29, 0.717) is 12.1 Å². The van der Waals surface area contributed by atoms with Gasteiger partial charge in [0.15, 0.2) is 0 Å². The van der Waals surface area contributed by atoms with Crippen molar-refractivity contribution in [1.29, 1.82) is 5.41 Å². The first-order valence-electron chi connectivity index (χ1n) is 4.54. The molecular formula is C10H15N3O. The molecule has 0 amide bonds. The summed E-state index contributed by atoms with van der Waals surface area (Å²) in [5.74, 6) is -0.158. The van der Waals surface area contributed by atoms with Crippen LogP contribution in [0.4, 0.5) is 0 Å². The molecule has 1 heterocycles. The minimum absolute atomic E-state index is 0.158. The largest absolute Gasteiger partial charge is 0.384 e. The summed E-state index contributed by atoms with van der Waals surface area (Å²) in [5.41, 5.74) is 7.18. The van der Waals surface area contributed by atoms with Crippen LogP contribution >= 0.6 is 0 Å². The summed E-state index contributed by atoms with van der Waals surface area (Å²) < 4.78 is 1.61. The Labute approximate surface area is 82.9 Å². The maximum Gasteiger partial charge on any atom is 0.261 e. The molecular weight excluding hydrogens is 178 g/mol. The zero-order valence-electron chi connectivity index (χ0n) is 8.72. The number of nitrogens with one attached hydrogen (secondary N) is 1. The van der Waals surface area contributed by atoms with Crippen molar-refractivity contribution in [3.05, 3.63) is 33.2 Å². The number of pyridine rings is 1. The van der Waals surface area contributed by atoms with Crippen LogP contribution in [0, 0.1) is 19.3 Å². The molecule has 0 unspecified atom stereocenters. The van der Waals surface area contributed by atoms with Crippen LogP contribution in [-0.4, -0.2) is 10.4 Å². The van der Waals surface area contributed by atoms with E-state index >= 15 is 0 Å². The van der Waals surface area contributed by atoms with Crippen LogP contribution in [0.5, 0.6) is 0 Å². The van der Waals surface area contributed by atoms with Crippen molar-refractivity contribution in [2.45, 2.75) is 27.3 Å². The van der Waals surface area contributed by atoms with E-state index in [4.69, 9.17) is 11.1 Å².